The summed E-state index contributed by atoms with van der Waals surface area (Å²) in [6, 6.07) is 10.1. The van der Waals surface area contributed by atoms with E-state index in [2.05, 4.69) is 0 Å². The zero-order valence-electron chi connectivity index (χ0n) is 8.46. The molecule has 0 saturated carbocycles. The van der Waals surface area contributed by atoms with Crippen LogP contribution in [0.3, 0.4) is 0 Å². The first-order valence-electron chi connectivity index (χ1n) is 4.85. The van der Waals surface area contributed by atoms with E-state index in [0.717, 1.165) is 0 Å². The van der Waals surface area contributed by atoms with Gasteiger partial charge < -0.3 is 15.2 Å². The molecule has 0 bridgehead atoms. The van der Waals surface area contributed by atoms with E-state index in [9.17, 15) is 0 Å². The fourth-order valence-corrected chi connectivity index (χ4v) is 1.50. The predicted molar refractivity (Wildman–Crippen MR) is 61.1 cm³/mol. The average molecular weight is 230 g/mol. The summed E-state index contributed by atoms with van der Waals surface area (Å²) in [6.45, 7) is 1.84. The Balaban J connectivity index is 0.00000112. The third kappa shape index (κ3) is 3.47. The first kappa shape index (κ1) is 12.5. The molecule has 1 aromatic carbocycles. The number of benzene rings is 1. The van der Waals surface area contributed by atoms with Gasteiger partial charge >= 0.3 is 0 Å². The summed E-state index contributed by atoms with van der Waals surface area (Å²) < 4.78 is 10.9. The van der Waals surface area contributed by atoms with Gasteiger partial charge in [-0.05, 0) is 5.56 Å². The van der Waals surface area contributed by atoms with Crippen molar-refractivity contribution >= 4 is 12.4 Å². The summed E-state index contributed by atoms with van der Waals surface area (Å²) in [6.07, 6.45) is 0.0511. The highest BCUT2D eigenvalue weighted by atomic mass is 35.5. The first-order valence-corrected chi connectivity index (χ1v) is 4.85. The molecule has 4 heteroatoms. The highest BCUT2D eigenvalue weighted by molar-refractivity contribution is 5.85. The van der Waals surface area contributed by atoms with Crippen LogP contribution < -0.4 is 5.73 Å². The average Bonchev–Trinajstić information content (AvgIpc) is 2.63. The molecule has 1 aromatic rings. The van der Waals surface area contributed by atoms with Gasteiger partial charge in [-0.2, -0.15) is 0 Å². The standard InChI is InChI=1S/C11H15NO2.ClH/c12-10-7-13-8-11(10)14-6-9-4-2-1-3-5-9;/h1-5,10-11H,6-8,12H2;1H. The Morgan fingerprint density at radius 3 is 2.60 bits per heavy atom. The molecule has 0 amide bonds. The summed E-state index contributed by atoms with van der Waals surface area (Å²) in [5, 5.41) is 0. The van der Waals surface area contributed by atoms with Gasteiger partial charge in [-0.1, -0.05) is 30.3 Å². The highest BCUT2D eigenvalue weighted by Crippen LogP contribution is 2.10. The molecule has 2 N–H and O–H groups in total. The molecule has 1 saturated heterocycles. The molecule has 3 nitrogen and oxygen atoms in total. The van der Waals surface area contributed by atoms with Gasteiger partial charge in [-0.3, -0.25) is 0 Å². The van der Waals surface area contributed by atoms with Crippen LogP contribution in [0.1, 0.15) is 5.56 Å². The van der Waals surface area contributed by atoms with E-state index in [-0.39, 0.29) is 24.6 Å². The van der Waals surface area contributed by atoms with Crippen molar-refractivity contribution in [1.82, 2.24) is 0 Å². The lowest BCUT2D eigenvalue weighted by Crippen LogP contribution is -2.34. The summed E-state index contributed by atoms with van der Waals surface area (Å²) in [4.78, 5) is 0. The Kier molecular flexibility index (Phi) is 5.05. The van der Waals surface area contributed by atoms with Crippen molar-refractivity contribution in [2.24, 2.45) is 5.73 Å². The Labute approximate surface area is 96.0 Å². The molecule has 15 heavy (non-hydrogen) atoms. The maximum atomic E-state index is 5.79. The topological polar surface area (TPSA) is 44.5 Å². The summed E-state index contributed by atoms with van der Waals surface area (Å²) in [5.41, 5.74) is 6.97. The van der Waals surface area contributed by atoms with Gasteiger partial charge in [0.2, 0.25) is 0 Å². The van der Waals surface area contributed by atoms with Crippen LogP contribution in [-0.2, 0) is 16.1 Å². The van der Waals surface area contributed by atoms with Crippen LogP contribution in [-0.4, -0.2) is 25.4 Å². The van der Waals surface area contributed by atoms with Crippen LogP contribution in [0.4, 0.5) is 0 Å². The molecular weight excluding hydrogens is 214 g/mol. The molecule has 0 aliphatic carbocycles. The second-order valence-corrected chi connectivity index (χ2v) is 3.54. The van der Waals surface area contributed by atoms with Gasteiger partial charge in [0.1, 0.15) is 0 Å². The van der Waals surface area contributed by atoms with Crippen LogP contribution in [0.25, 0.3) is 0 Å². The van der Waals surface area contributed by atoms with Crippen LogP contribution in [0.5, 0.6) is 0 Å². The molecule has 84 valence electrons. The lowest BCUT2D eigenvalue weighted by Gasteiger charge is -2.14. The third-order valence-electron chi connectivity index (χ3n) is 2.38. The lowest BCUT2D eigenvalue weighted by atomic mass is 10.2. The van der Waals surface area contributed by atoms with Gasteiger partial charge in [0.25, 0.3) is 0 Å². The van der Waals surface area contributed by atoms with Gasteiger partial charge in [0.05, 0.1) is 32.0 Å². The van der Waals surface area contributed by atoms with E-state index >= 15 is 0 Å². The Hall–Kier alpha value is -0.610. The quantitative estimate of drug-likeness (QED) is 0.851. The van der Waals surface area contributed by atoms with E-state index in [1.807, 2.05) is 30.3 Å². The van der Waals surface area contributed by atoms with Crippen LogP contribution >= 0.6 is 12.4 Å². The van der Waals surface area contributed by atoms with Gasteiger partial charge in [-0.15, -0.1) is 12.4 Å². The smallest absolute Gasteiger partial charge is 0.0985 e. The number of nitrogens with two attached hydrogens (primary N) is 1. The lowest BCUT2D eigenvalue weighted by molar-refractivity contribution is 0.0265. The van der Waals surface area contributed by atoms with Crippen molar-refractivity contribution in [2.75, 3.05) is 13.2 Å². The summed E-state index contributed by atoms with van der Waals surface area (Å²) in [7, 11) is 0. The van der Waals surface area contributed by atoms with Crippen molar-refractivity contribution in [3.63, 3.8) is 0 Å². The number of halogens is 1. The molecule has 0 spiro atoms. The Bertz CT molecular complexity index is 281. The summed E-state index contributed by atoms with van der Waals surface area (Å²) >= 11 is 0. The number of hydrogen-bond acceptors (Lipinski definition) is 3. The second kappa shape index (κ2) is 6.08. The monoisotopic (exact) mass is 229 g/mol. The number of ether oxygens (including phenoxy) is 2. The molecule has 1 aliphatic heterocycles. The zero-order valence-corrected chi connectivity index (χ0v) is 9.28. The molecule has 2 rings (SSSR count). The maximum Gasteiger partial charge on any atom is 0.0985 e. The van der Waals surface area contributed by atoms with E-state index in [1.165, 1.54) is 5.56 Å². The van der Waals surface area contributed by atoms with E-state index in [0.29, 0.717) is 19.8 Å². The SMILES string of the molecule is Cl.NC1COCC1OCc1ccccc1. The minimum absolute atomic E-state index is 0. The molecule has 1 aliphatic rings. The van der Waals surface area contributed by atoms with Crippen molar-refractivity contribution in [3.8, 4) is 0 Å². The van der Waals surface area contributed by atoms with Crippen LogP contribution in [0, 0.1) is 0 Å². The first-order chi connectivity index (χ1) is 6.86. The van der Waals surface area contributed by atoms with E-state index < -0.39 is 0 Å². The van der Waals surface area contributed by atoms with Crippen molar-refractivity contribution in [2.45, 2.75) is 18.8 Å². The molecule has 1 heterocycles. The molecule has 2 unspecified atom stereocenters. The summed E-state index contributed by atoms with van der Waals surface area (Å²) in [5.74, 6) is 0. The molecule has 0 aromatic heterocycles. The fourth-order valence-electron chi connectivity index (χ4n) is 1.50. The van der Waals surface area contributed by atoms with E-state index in [1.54, 1.807) is 0 Å². The molecule has 1 fully saturated rings. The van der Waals surface area contributed by atoms with Gasteiger partial charge in [0, 0.05) is 0 Å². The maximum absolute atomic E-state index is 5.79. The fraction of sp³-hybridized carbons (Fsp3) is 0.455. The highest BCUT2D eigenvalue weighted by Gasteiger charge is 2.25. The predicted octanol–water partition coefficient (Wildman–Crippen LogP) is 1.35. The third-order valence-corrected chi connectivity index (χ3v) is 2.38. The molecule has 0 radical (unpaired) electrons. The van der Waals surface area contributed by atoms with Crippen molar-refractivity contribution in [1.29, 1.82) is 0 Å². The van der Waals surface area contributed by atoms with Crippen LogP contribution in [0.2, 0.25) is 0 Å². The second-order valence-electron chi connectivity index (χ2n) is 3.54. The van der Waals surface area contributed by atoms with Gasteiger partial charge in [0.15, 0.2) is 0 Å². The zero-order chi connectivity index (χ0) is 9.80. The number of rotatable bonds is 3. The molecular formula is C11H16ClNO2. The van der Waals surface area contributed by atoms with Gasteiger partial charge in [-0.25, -0.2) is 0 Å². The Morgan fingerprint density at radius 2 is 2.00 bits per heavy atom. The Morgan fingerprint density at radius 1 is 1.27 bits per heavy atom. The van der Waals surface area contributed by atoms with Crippen molar-refractivity contribution in [3.05, 3.63) is 35.9 Å². The number of hydrogen-bond donors (Lipinski definition) is 1. The minimum atomic E-state index is 0. The largest absolute Gasteiger partial charge is 0.377 e. The van der Waals surface area contributed by atoms with E-state index in [4.69, 9.17) is 15.2 Å². The normalized spacial score (nSPS) is 24.9. The van der Waals surface area contributed by atoms with Crippen molar-refractivity contribution < 1.29 is 9.47 Å². The van der Waals surface area contributed by atoms with Crippen LogP contribution in [0.15, 0.2) is 30.3 Å². The molecule has 2 atom stereocenters. The minimum Gasteiger partial charge on any atom is -0.377 e.